The molecule has 1 amide bonds. The Kier molecular flexibility index (Phi) is 7.34. The van der Waals surface area contributed by atoms with Crippen molar-refractivity contribution < 1.29 is 9.72 Å². The number of nitrogens with one attached hydrogen (secondary N) is 1. The number of hydrogen-bond acceptors (Lipinski definition) is 4. The molecule has 7 heteroatoms. The second-order valence-corrected chi connectivity index (χ2v) is 9.16. The first-order valence-corrected chi connectivity index (χ1v) is 12.6. The number of hydrogen-bond donors (Lipinski definition) is 1. The lowest BCUT2D eigenvalue weighted by atomic mass is 10.0. The van der Waals surface area contributed by atoms with Crippen molar-refractivity contribution in [2.75, 3.05) is 5.32 Å². The van der Waals surface area contributed by atoms with Crippen LogP contribution >= 0.6 is 0 Å². The summed E-state index contributed by atoms with van der Waals surface area (Å²) in [6, 6.07) is 37.0. The molecule has 4 aromatic carbocycles. The Balaban J connectivity index is 1.71. The van der Waals surface area contributed by atoms with Gasteiger partial charge in [-0.3, -0.25) is 14.9 Å². The van der Waals surface area contributed by atoms with Crippen LogP contribution in [0.5, 0.6) is 0 Å². The van der Waals surface area contributed by atoms with Gasteiger partial charge in [0.25, 0.3) is 11.6 Å². The van der Waals surface area contributed by atoms with Crippen molar-refractivity contribution in [3.63, 3.8) is 0 Å². The molecule has 0 saturated heterocycles. The van der Waals surface area contributed by atoms with Gasteiger partial charge in [0.05, 0.1) is 16.3 Å². The Morgan fingerprint density at radius 2 is 1.48 bits per heavy atom. The summed E-state index contributed by atoms with van der Waals surface area (Å²) in [5.41, 5.74) is 6.22. The number of carbonyl (C=O) groups is 1. The summed E-state index contributed by atoms with van der Waals surface area (Å²) in [6.07, 6.45) is 1.58. The van der Waals surface area contributed by atoms with Crippen LogP contribution in [0.1, 0.15) is 11.1 Å². The Bertz CT molecular complexity index is 1750. The van der Waals surface area contributed by atoms with E-state index in [0.29, 0.717) is 16.9 Å². The molecule has 0 fully saturated rings. The zero-order valence-electron chi connectivity index (χ0n) is 21.6. The van der Waals surface area contributed by atoms with Crippen LogP contribution in [0, 0.1) is 28.4 Å². The van der Waals surface area contributed by atoms with E-state index in [1.807, 2.05) is 90.4 Å². The number of non-ortho nitro benzene ring substituents is 1. The lowest BCUT2D eigenvalue weighted by Crippen LogP contribution is -2.13. The number of carbonyl (C=O) groups excluding carboxylic acids is 1. The number of anilines is 1. The third-order valence-corrected chi connectivity index (χ3v) is 6.44. The van der Waals surface area contributed by atoms with Gasteiger partial charge in [-0.1, -0.05) is 78.4 Å². The molecule has 1 heterocycles. The molecule has 194 valence electrons. The van der Waals surface area contributed by atoms with Crippen molar-refractivity contribution in [3.8, 4) is 34.3 Å². The van der Waals surface area contributed by atoms with E-state index in [2.05, 4.69) is 11.4 Å². The normalized spacial score (nSPS) is 11.1. The quantitative estimate of drug-likeness (QED) is 0.103. The minimum atomic E-state index is -0.519. The van der Waals surface area contributed by atoms with Gasteiger partial charge < -0.3 is 9.88 Å². The van der Waals surface area contributed by atoms with Crippen LogP contribution < -0.4 is 5.32 Å². The Morgan fingerprint density at radius 3 is 2.05 bits per heavy atom. The topological polar surface area (TPSA) is 101 Å². The Hall–Kier alpha value is -5.74. The monoisotopic (exact) mass is 524 g/mol. The van der Waals surface area contributed by atoms with Crippen LogP contribution in [-0.4, -0.2) is 15.4 Å². The molecule has 0 saturated carbocycles. The minimum absolute atomic E-state index is 0.0157. The van der Waals surface area contributed by atoms with Crippen molar-refractivity contribution in [1.29, 1.82) is 5.26 Å². The van der Waals surface area contributed by atoms with E-state index in [9.17, 15) is 20.2 Å². The molecule has 0 aliphatic heterocycles. The van der Waals surface area contributed by atoms with Gasteiger partial charge in [-0.2, -0.15) is 5.26 Å². The van der Waals surface area contributed by atoms with E-state index >= 15 is 0 Å². The third-order valence-electron chi connectivity index (χ3n) is 6.44. The highest BCUT2D eigenvalue weighted by Gasteiger charge is 2.21. The maximum absolute atomic E-state index is 13.1. The number of nitro benzene ring substituents is 1. The number of rotatable bonds is 7. The second-order valence-electron chi connectivity index (χ2n) is 9.16. The van der Waals surface area contributed by atoms with Crippen LogP contribution in [-0.2, 0) is 4.79 Å². The SMILES string of the molecule is Cc1ccc(NC(=O)/C(C#N)=C/c2cc(-c3ccccc3)n(-c3ccc([N+](=O)[O-])cc3)c2-c2ccccc2)cc1. The van der Waals surface area contributed by atoms with Gasteiger partial charge in [-0.25, -0.2) is 0 Å². The lowest BCUT2D eigenvalue weighted by molar-refractivity contribution is -0.384. The van der Waals surface area contributed by atoms with E-state index in [1.54, 1.807) is 30.3 Å². The molecule has 5 rings (SSSR count). The molecule has 0 radical (unpaired) electrons. The number of aromatic nitrogens is 1. The maximum Gasteiger partial charge on any atom is 0.269 e. The lowest BCUT2D eigenvalue weighted by Gasteiger charge is -2.15. The molecule has 0 unspecified atom stereocenters. The van der Waals surface area contributed by atoms with Gasteiger partial charge >= 0.3 is 0 Å². The first-order chi connectivity index (χ1) is 19.4. The van der Waals surface area contributed by atoms with Crippen LogP contribution in [0.4, 0.5) is 11.4 Å². The molecule has 0 spiro atoms. The predicted octanol–water partition coefficient (Wildman–Crippen LogP) is 7.57. The molecule has 7 nitrogen and oxygen atoms in total. The summed E-state index contributed by atoms with van der Waals surface area (Å²) in [5.74, 6) is -0.519. The van der Waals surface area contributed by atoms with Gasteiger partial charge in [0, 0.05) is 29.1 Å². The minimum Gasteiger partial charge on any atom is -0.321 e. The van der Waals surface area contributed by atoms with Crippen molar-refractivity contribution in [3.05, 3.63) is 142 Å². The second kappa shape index (κ2) is 11.3. The highest BCUT2D eigenvalue weighted by Crippen LogP contribution is 2.37. The summed E-state index contributed by atoms with van der Waals surface area (Å²) < 4.78 is 1.99. The summed E-state index contributed by atoms with van der Waals surface area (Å²) in [7, 11) is 0. The fourth-order valence-electron chi connectivity index (χ4n) is 4.48. The smallest absolute Gasteiger partial charge is 0.269 e. The molecular formula is C33H24N4O3. The van der Waals surface area contributed by atoms with Gasteiger partial charge in [0.15, 0.2) is 0 Å². The molecule has 40 heavy (non-hydrogen) atoms. The first kappa shape index (κ1) is 25.9. The number of nitriles is 1. The van der Waals surface area contributed by atoms with E-state index in [4.69, 9.17) is 0 Å². The number of benzene rings is 4. The summed E-state index contributed by atoms with van der Waals surface area (Å²) in [4.78, 5) is 24.0. The Labute approximate surface area is 231 Å². The number of amides is 1. The van der Waals surface area contributed by atoms with Gasteiger partial charge in [-0.15, -0.1) is 0 Å². The van der Waals surface area contributed by atoms with Gasteiger partial charge in [0.2, 0.25) is 0 Å². The number of nitrogens with zero attached hydrogens (tertiary/aromatic N) is 3. The molecule has 0 aliphatic rings. The first-order valence-electron chi connectivity index (χ1n) is 12.6. The van der Waals surface area contributed by atoms with Crippen molar-refractivity contribution in [2.45, 2.75) is 6.92 Å². The zero-order valence-corrected chi connectivity index (χ0v) is 21.6. The largest absolute Gasteiger partial charge is 0.321 e. The molecule has 1 N–H and O–H groups in total. The Morgan fingerprint density at radius 1 is 0.875 bits per heavy atom. The van der Waals surface area contributed by atoms with Gasteiger partial charge in [-0.05, 0) is 54.5 Å². The molecule has 0 aliphatic carbocycles. The van der Waals surface area contributed by atoms with E-state index in [-0.39, 0.29) is 11.3 Å². The molecular weight excluding hydrogens is 500 g/mol. The summed E-state index contributed by atoms with van der Waals surface area (Å²) >= 11 is 0. The summed E-state index contributed by atoms with van der Waals surface area (Å²) in [5, 5.41) is 24.1. The average molecular weight is 525 g/mol. The van der Waals surface area contributed by atoms with E-state index in [0.717, 1.165) is 28.1 Å². The number of aryl methyl sites for hydroxylation is 1. The van der Waals surface area contributed by atoms with E-state index in [1.165, 1.54) is 12.1 Å². The van der Waals surface area contributed by atoms with E-state index < -0.39 is 10.8 Å². The molecule has 1 aromatic heterocycles. The van der Waals surface area contributed by atoms with Crippen LogP contribution in [0.25, 0.3) is 34.3 Å². The zero-order chi connectivity index (χ0) is 28.1. The van der Waals surface area contributed by atoms with Crippen LogP contribution in [0.15, 0.2) is 121 Å². The fraction of sp³-hybridized carbons (Fsp3) is 0.0303. The van der Waals surface area contributed by atoms with Crippen LogP contribution in [0.3, 0.4) is 0 Å². The average Bonchev–Trinajstić information content (AvgIpc) is 3.37. The van der Waals surface area contributed by atoms with Crippen LogP contribution in [0.2, 0.25) is 0 Å². The molecule has 0 atom stereocenters. The fourth-order valence-corrected chi connectivity index (χ4v) is 4.48. The molecule has 5 aromatic rings. The van der Waals surface area contributed by atoms with Gasteiger partial charge in [0.1, 0.15) is 11.6 Å². The molecule has 0 bridgehead atoms. The number of nitro groups is 1. The maximum atomic E-state index is 13.1. The van der Waals surface area contributed by atoms with Crippen molar-refractivity contribution >= 4 is 23.4 Å². The third kappa shape index (κ3) is 5.42. The van der Waals surface area contributed by atoms with Crippen molar-refractivity contribution in [1.82, 2.24) is 4.57 Å². The van der Waals surface area contributed by atoms with Crippen molar-refractivity contribution in [2.24, 2.45) is 0 Å². The highest BCUT2D eigenvalue weighted by atomic mass is 16.6. The summed E-state index contributed by atoms with van der Waals surface area (Å²) in [6.45, 7) is 1.96. The predicted molar refractivity (Wildman–Crippen MR) is 157 cm³/mol. The standard InChI is InChI=1S/C33H24N4O3/c1-23-12-14-28(15-13-23)35-33(38)27(22-34)20-26-21-31(24-8-4-2-5-9-24)36(32(26)25-10-6-3-7-11-25)29-16-18-30(19-17-29)37(39)40/h2-21H,1H3,(H,35,38)/b27-20+. The highest BCUT2D eigenvalue weighted by molar-refractivity contribution is 6.10.